The van der Waals surface area contributed by atoms with Gasteiger partial charge in [-0.15, -0.1) is 0 Å². The average Bonchev–Trinajstić information content (AvgIpc) is 2.43. The second-order valence-corrected chi connectivity index (χ2v) is 5.03. The lowest BCUT2D eigenvalue weighted by atomic mass is 10.0. The number of carbonyl (C=O) groups is 1. The van der Waals surface area contributed by atoms with E-state index in [1.807, 2.05) is 31.2 Å². The van der Waals surface area contributed by atoms with Crippen LogP contribution in [0.3, 0.4) is 0 Å². The lowest BCUT2D eigenvalue weighted by Crippen LogP contribution is -2.22. The van der Waals surface area contributed by atoms with Crippen molar-refractivity contribution in [3.63, 3.8) is 0 Å². The van der Waals surface area contributed by atoms with Crippen molar-refractivity contribution in [1.82, 2.24) is 0 Å². The molecular formula is C17H18FNO2. The van der Waals surface area contributed by atoms with Crippen molar-refractivity contribution >= 4 is 11.7 Å². The van der Waals surface area contributed by atoms with Gasteiger partial charge in [0.25, 0.3) is 0 Å². The van der Waals surface area contributed by atoms with Crippen LogP contribution in [0, 0.1) is 19.7 Å². The van der Waals surface area contributed by atoms with Gasteiger partial charge in [-0.05, 0) is 43.2 Å². The summed E-state index contributed by atoms with van der Waals surface area (Å²) in [5, 5.41) is 3.04. The number of halogens is 1. The summed E-state index contributed by atoms with van der Waals surface area (Å²) >= 11 is 0. The third-order valence-corrected chi connectivity index (χ3v) is 3.17. The van der Waals surface area contributed by atoms with Crippen LogP contribution in [0.1, 0.15) is 22.7 Å². The Kier molecular flexibility index (Phi) is 4.58. The maximum atomic E-state index is 13.5. The van der Waals surface area contributed by atoms with E-state index in [2.05, 4.69) is 5.32 Å². The second kappa shape index (κ2) is 6.39. The Labute approximate surface area is 123 Å². The van der Waals surface area contributed by atoms with Gasteiger partial charge < -0.3 is 10.1 Å². The van der Waals surface area contributed by atoms with Crippen molar-refractivity contribution in [3.05, 3.63) is 65.0 Å². The molecule has 0 bridgehead atoms. The highest BCUT2D eigenvalue weighted by Crippen LogP contribution is 2.23. The second-order valence-electron chi connectivity index (χ2n) is 5.03. The van der Waals surface area contributed by atoms with Gasteiger partial charge in [-0.25, -0.2) is 9.18 Å². The van der Waals surface area contributed by atoms with E-state index in [9.17, 15) is 9.18 Å². The number of ether oxygens (including phenoxy) is 1. The first-order valence-electron chi connectivity index (χ1n) is 6.67. The normalized spacial score (nSPS) is 11.8. The first kappa shape index (κ1) is 15.0. The summed E-state index contributed by atoms with van der Waals surface area (Å²) in [6, 6.07) is 11.5. The van der Waals surface area contributed by atoms with Crippen molar-refractivity contribution in [1.29, 1.82) is 0 Å². The van der Waals surface area contributed by atoms with Crippen LogP contribution in [0.4, 0.5) is 10.1 Å². The van der Waals surface area contributed by atoms with Gasteiger partial charge in [0.2, 0.25) is 0 Å². The fourth-order valence-electron chi connectivity index (χ4n) is 2.23. The SMILES string of the molecule is COC(=O)C(Nc1cc(C)cc(F)c1)c1cccc(C)c1. The molecule has 0 aromatic heterocycles. The highest BCUT2D eigenvalue weighted by Gasteiger charge is 2.21. The van der Waals surface area contributed by atoms with E-state index in [4.69, 9.17) is 4.74 Å². The number of esters is 1. The Balaban J connectivity index is 2.35. The molecule has 1 N–H and O–H groups in total. The minimum absolute atomic E-state index is 0.342. The number of hydrogen-bond donors (Lipinski definition) is 1. The zero-order valence-corrected chi connectivity index (χ0v) is 12.3. The van der Waals surface area contributed by atoms with Crippen LogP contribution in [0.25, 0.3) is 0 Å². The number of rotatable bonds is 4. The van der Waals surface area contributed by atoms with E-state index in [0.29, 0.717) is 5.69 Å². The van der Waals surface area contributed by atoms with Gasteiger partial charge in [0.1, 0.15) is 5.82 Å². The zero-order chi connectivity index (χ0) is 15.4. The van der Waals surface area contributed by atoms with Gasteiger partial charge in [-0.1, -0.05) is 29.8 Å². The molecule has 0 spiro atoms. The van der Waals surface area contributed by atoms with E-state index in [1.165, 1.54) is 19.2 Å². The molecule has 0 aliphatic carbocycles. The van der Waals surface area contributed by atoms with E-state index in [-0.39, 0.29) is 5.82 Å². The fourth-order valence-corrected chi connectivity index (χ4v) is 2.23. The number of nitrogens with one attached hydrogen (secondary N) is 1. The smallest absolute Gasteiger partial charge is 0.332 e. The van der Waals surface area contributed by atoms with Crippen molar-refractivity contribution < 1.29 is 13.9 Å². The van der Waals surface area contributed by atoms with E-state index >= 15 is 0 Å². The van der Waals surface area contributed by atoms with Crippen LogP contribution in [-0.4, -0.2) is 13.1 Å². The first-order valence-corrected chi connectivity index (χ1v) is 6.67. The van der Waals surface area contributed by atoms with Crippen LogP contribution in [0.15, 0.2) is 42.5 Å². The van der Waals surface area contributed by atoms with Crippen LogP contribution in [-0.2, 0) is 9.53 Å². The van der Waals surface area contributed by atoms with Crippen molar-refractivity contribution in [2.24, 2.45) is 0 Å². The molecule has 4 heteroatoms. The third kappa shape index (κ3) is 3.81. The van der Waals surface area contributed by atoms with Crippen molar-refractivity contribution in [3.8, 4) is 0 Å². The molecule has 0 aliphatic heterocycles. The number of hydrogen-bond acceptors (Lipinski definition) is 3. The van der Waals surface area contributed by atoms with E-state index < -0.39 is 12.0 Å². The van der Waals surface area contributed by atoms with Gasteiger partial charge in [-0.2, -0.15) is 0 Å². The Morgan fingerprint density at radius 1 is 1.14 bits per heavy atom. The summed E-state index contributed by atoms with van der Waals surface area (Å²) in [5.41, 5.74) is 3.15. The Bertz CT molecular complexity index is 635. The minimum Gasteiger partial charge on any atom is -0.467 e. The average molecular weight is 287 g/mol. The summed E-state index contributed by atoms with van der Waals surface area (Å²) in [6.07, 6.45) is 0. The molecule has 0 saturated heterocycles. The maximum absolute atomic E-state index is 13.5. The highest BCUT2D eigenvalue weighted by atomic mass is 19.1. The summed E-state index contributed by atoms with van der Waals surface area (Å²) < 4.78 is 18.3. The summed E-state index contributed by atoms with van der Waals surface area (Å²) in [4.78, 5) is 12.0. The molecule has 2 rings (SSSR count). The fraction of sp³-hybridized carbons (Fsp3) is 0.235. The van der Waals surface area contributed by atoms with Gasteiger partial charge >= 0.3 is 5.97 Å². The number of methoxy groups -OCH3 is 1. The molecule has 0 radical (unpaired) electrons. The van der Waals surface area contributed by atoms with Gasteiger partial charge in [0.15, 0.2) is 6.04 Å². The molecule has 0 aliphatic rings. The summed E-state index contributed by atoms with van der Waals surface area (Å²) in [6.45, 7) is 3.75. The Morgan fingerprint density at radius 2 is 1.90 bits per heavy atom. The molecule has 1 atom stereocenters. The largest absolute Gasteiger partial charge is 0.467 e. The summed E-state index contributed by atoms with van der Waals surface area (Å²) in [5.74, 6) is -0.757. The molecule has 1 unspecified atom stereocenters. The minimum atomic E-state index is -0.670. The first-order chi connectivity index (χ1) is 9.99. The number of anilines is 1. The Morgan fingerprint density at radius 3 is 2.52 bits per heavy atom. The van der Waals surface area contributed by atoms with Crippen LogP contribution in [0.2, 0.25) is 0 Å². The predicted molar refractivity (Wildman–Crippen MR) is 80.7 cm³/mol. The molecule has 21 heavy (non-hydrogen) atoms. The molecule has 3 nitrogen and oxygen atoms in total. The van der Waals surface area contributed by atoms with Crippen molar-refractivity contribution in [2.45, 2.75) is 19.9 Å². The van der Waals surface area contributed by atoms with Crippen LogP contribution in [0.5, 0.6) is 0 Å². The predicted octanol–water partition coefficient (Wildman–Crippen LogP) is 3.77. The highest BCUT2D eigenvalue weighted by molar-refractivity contribution is 5.81. The topological polar surface area (TPSA) is 38.3 Å². The van der Waals surface area contributed by atoms with Crippen LogP contribution >= 0.6 is 0 Å². The Hall–Kier alpha value is -2.36. The third-order valence-electron chi connectivity index (χ3n) is 3.17. The molecule has 110 valence electrons. The molecule has 0 heterocycles. The van der Waals surface area contributed by atoms with E-state index in [1.54, 1.807) is 13.0 Å². The monoisotopic (exact) mass is 287 g/mol. The van der Waals surface area contributed by atoms with Gasteiger partial charge in [0, 0.05) is 5.69 Å². The lowest BCUT2D eigenvalue weighted by molar-refractivity contribution is -0.141. The molecule has 0 amide bonds. The zero-order valence-electron chi connectivity index (χ0n) is 12.3. The molecular weight excluding hydrogens is 269 g/mol. The molecule has 2 aromatic carbocycles. The van der Waals surface area contributed by atoms with Gasteiger partial charge in [0.05, 0.1) is 7.11 Å². The number of carbonyl (C=O) groups excluding carboxylic acids is 1. The van der Waals surface area contributed by atoms with E-state index in [0.717, 1.165) is 16.7 Å². The van der Waals surface area contributed by atoms with Crippen LogP contribution < -0.4 is 5.32 Å². The summed E-state index contributed by atoms with van der Waals surface area (Å²) in [7, 11) is 1.34. The quantitative estimate of drug-likeness (QED) is 0.870. The molecule has 0 fully saturated rings. The number of benzene rings is 2. The molecule has 2 aromatic rings. The molecule has 0 saturated carbocycles. The number of aryl methyl sites for hydroxylation is 2. The van der Waals surface area contributed by atoms with Gasteiger partial charge in [-0.3, -0.25) is 0 Å². The maximum Gasteiger partial charge on any atom is 0.332 e. The standard InChI is InChI=1S/C17H18FNO2/c1-11-5-4-6-13(7-11)16(17(20)21-3)19-15-9-12(2)8-14(18)10-15/h4-10,16,19H,1-3H3. The lowest BCUT2D eigenvalue weighted by Gasteiger charge is -2.19. The van der Waals surface area contributed by atoms with Crippen molar-refractivity contribution in [2.75, 3.05) is 12.4 Å².